The van der Waals surface area contributed by atoms with Crippen LogP contribution in [0.1, 0.15) is 265 Å². The third-order valence-corrected chi connectivity index (χ3v) is 11.3. The lowest BCUT2D eigenvalue weighted by Crippen LogP contribution is -2.30. The van der Waals surface area contributed by atoms with Crippen molar-refractivity contribution in [1.82, 2.24) is 0 Å². The van der Waals surface area contributed by atoms with Gasteiger partial charge in [-0.25, -0.2) is 0 Å². The normalized spacial score (nSPS) is 12.4. The molecular weight excluding hydrogens is 757 g/mol. The van der Waals surface area contributed by atoms with Crippen LogP contribution in [0.5, 0.6) is 0 Å². The second kappa shape index (κ2) is 50.0. The Balaban J connectivity index is 4.38. The Kier molecular flexibility index (Phi) is 47.9. The Bertz CT molecular complexity index is 1070. The zero-order valence-corrected chi connectivity index (χ0v) is 40.4. The molecule has 6 heteroatoms. The summed E-state index contributed by atoms with van der Waals surface area (Å²) in [5, 5.41) is 0. The van der Waals surface area contributed by atoms with Crippen LogP contribution in [-0.4, -0.2) is 37.2 Å². The average Bonchev–Trinajstić information content (AvgIpc) is 3.26. The third-order valence-electron chi connectivity index (χ3n) is 11.3. The first-order valence-electron chi connectivity index (χ1n) is 26.1. The van der Waals surface area contributed by atoms with E-state index < -0.39 is 6.10 Å². The predicted molar refractivity (Wildman–Crippen MR) is 261 cm³/mol. The fraction of sp³-hybridized carbons (Fsp3) is 0.800. The van der Waals surface area contributed by atoms with E-state index in [1.54, 1.807) is 0 Å². The number of unbranched alkanes of at least 4 members (excludes halogenated alkanes) is 28. The highest BCUT2D eigenvalue weighted by atomic mass is 16.6. The van der Waals surface area contributed by atoms with Crippen molar-refractivity contribution in [2.75, 3.05) is 13.2 Å². The summed E-state index contributed by atoms with van der Waals surface area (Å²) in [7, 11) is 0. The van der Waals surface area contributed by atoms with Crippen LogP contribution in [-0.2, 0) is 28.6 Å². The highest BCUT2D eigenvalue weighted by molar-refractivity contribution is 5.71. The van der Waals surface area contributed by atoms with Crippen LogP contribution in [0.4, 0.5) is 0 Å². The topological polar surface area (TPSA) is 78.9 Å². The molecule has 0 aliphatic carbocycles. The average molecular weight is 855 g/mol. The van der Waals surface area contributed by atoms with Gasteiger partial charge in [-0.05, 0) is 96.3 Å². The number of hydrogen-bond acceptors (Lipinski definition) is 6. The molecule has 0 N–H and O–H groups in total. The molecule has 0 aliphatic rings. The predicted octanol–water partition coefficient (Wildman–Crippen LogP) is 17.1. The Labute approximate surface area is 378 Å². The molecule has 0 aromatic carbocycles. The van der Waals surface area contributed by atoms with Crippen molar-refractivity contribution in [3.8, 4) is 0 Å². The highest BCUT2D eigenvalue weighted by Gasteiger charge is 2.19. The molecule has 0 spiro atoms. The molecule has 1 atom stereocenters. The van der Waals surface area contributed by atoms with Crippen LogP contribution in [0, 0.1) is 0 Å². The quantitative estimate of drug-likeness (QED) is 0.0263. The van der Waals surface area contributed by atoms with Crippen LogP contribution >= 0.6 is 0 Å². The van der Waals surface area contributed by atoms with E-state index in [0.717, 1.165) is 83.5 Å². The summed E-state index contributed by atoms with van der Waals surface area (Å²) in [6, 6.07) is 0. The Morgan fingerprint density at radius 3 is 1.00 bits per heavy atom. The molecule has 0 aliphatic heterocycles. The van der Waals surface area contributed by atoms with E-state index in [1.165, 1.54) is 141 Å². The lowest BCUT2D eigenvalue weighted by Gasteiger charge is -2.18. The van der Waals surface area contributed by atoms with Crippen molar-refractivity contribution >= 4 is 17.9 Å². The van der Waals surface area contributed by atoms with Gasteiger partial charge in [0.15, 0.2) is 6.10 Å². The highest BCUT2D eigenvalue weighted by Crippen LogP contribution is 2.14. The number of hydrogen-bond donors (Lipinski definition) is 0. The Morgan fingerprint density at radius 2 is 0.607 bits per heavy atom. The second-order valence-electron chi connectivity index (χ2n) is 17.4. The molecule has 0 heterocycles. The molecule has 0 bridgehead atoms. The van der Waals surface area contributed by atoms with Gasteiger partial charge in [-0.15, -0.1) is 0 Å². The van der Waals surface area contributed by atoms with Gasteiger partial charge < -0.3 is 14.2 Å². The molecule has 0 unspecified atom stereocenters. The molecule has 354 valence electrons. The standard InChI is InChI=1S/C55H98O6/c1-4-7-10-13-16-19-22-24-26-27-29-31-34-37-40-43-46-49-55(58)61-52(50-59-53(56)47-44-41-38-35-32-21-18-15-12-9-6-3)51-60-54(57)48-45-42-39-36-33-30-28-25-23-20-17-14-11-8-5-2/h15,17-18,20,24-26,28,52H,4-14,16,19,21-23,27,29-51H2,1-3H3/b18-15-,20-17-,26-24-,28-25-/t52-/m0/s1. The van der Waals surface area contributed by atoms with Gasteiger partial charge in [0, 0.05) is 19.3 Å². The third kappa shape index (κ3) is 48.3. The van der Waals surface area contributed by atoms with Crippen molar-refractivity contribution in [2.24, 2.45) is 0 Å². The zero-order valence-electron chi connectivity index (χ0n) is 40.4. The number of ether oxygens (including phenoxy) is 3. The van der Waals surface area contributed by atoms with E-state index >= 15 is 0 Å². The fourth-order valence-electron chi connectivity index (χ4n) is 7.27. The molecule has 6 nitrogen and oxygen atoms in total. The minimum absolute atomic E-state index is 0.0832. The van der Waals surface area contributed by atoms with Crippen molar-refractivity contribution in [3.05, 3.63) is 48.6 Å². The smallest absolute Gasteiger partial charge is 0.306 e. The minimum Gasteiger partial charge on any atom is -0.462 e. The fourth-order valence-corrected chi connectivity index (χ4v) is 7.27. The van der Waals surface area contributed by atoms with Gasteiger partial charge in [-0.3, -0.25) is 14.4 Å². The number of carbonyl (C=O) groups is 3. The molecule has 0 aromatic rings. The summed E-state index contributed by atoms with van der Waals surface area (Å²) in [6.45, 7) is 6.56. The number of esters is 3. The summed E-state index contributed by atoms with van der Waals surface area (Å²) in [5.74, 6) is -0.905. The maximum absolute atomic E-state index is 12.8. The lowest BCUT2D eigenvalue weighted by molar-refractivity contribution is -0.167. The minimum atomic E-state index is -0.782. The molecule has 0 radical (unpaired) electrons. The van der Waals surface area contributed by atoms with E-state index in [4.69, 9.17) is 14.2 Å². The van der Waals surface area contributed by atoms with Gasteiger partial charge in [0.25, 0.3) is 0 Å². The summed E-state index contributed by atoms with van der Waals surface area (Å²) in [5.41, 5.74) is 0. The van der Waals surface area contributed by atoms with Gasteiger partial charge >= 0.3 is 17.9 Å². The summed E-state index contributed by atoms with van der Waals surface area (Å²) in [4.78, 5) is 37.9. The van der Waals surface area contributed by atoms with Gasteiger partial charge in [0.2, 0.25) is 0 Å². The molecular formula is C55H98O6. The van der Waals surface area contributed by atoms with E-state index in [0.29, 0.717) is 19.3 Å². The van der Waals surface area contributed by atoms with Crippen molar-refractivity contribution in [2.45, 2.75) is 271 Å². The molecule has 0 saturated heterocycles. The maximum Gasteiger partial charge on any atom is 0.306 e. The van der Waals surface area contributed by atoms with Gasteiger partial charge in [0.05, 0.1) is 0 Å². The summed E-state index contributed by atoms with van der Waals surface area (Å²) < 4.78 is 16.8. The van der Waals surface area contributed by atoms with E-state index in [-0.39, 0.29) is 31.1 Å². The molecule has 0 aromatic heterocycles. The van der Waals surface area contributed by atoms with Crippen LogP contribution in [0.2, 0.25) is 0 Å². The first-order chi connectivity index (χ1) is 30.0. The molecule has 0 rings (SSSR count). The Morgan fingerprint density at radius 1 is 0.328 bits per heavy atom. The van der Waals surface area contributed by atoms with E-state index in [2.05, 4.69) is 69.4 Å². The van der Waals surface area contributed by atoms with E-state index in [9.17, 15) is 14.4 Å². The van der Waals surface area contributed by atoms with Crippen LogP contribution in [0.3, 0.4) is 0 Å². The van der Waals surface area contributed by atoms with Gasteiger partial charge in [0.1, 0.15) is 13.2 Å². The summed E-state index contributed by atoms with van der Waals surface area (Å²) in [6.07, 6.45) is 59.5. The van der Waals surface area contributed by atoms with Crippen molar-refractivity contribution in [3.63, 3.8) is 0 Å². The largest absolute Gasteiger partial charge is 0.462 e. The first kappa shape index (κ1) is 58.4. The van der Waals surface area contributed by atoms with Crippen LogP contribution in [0.25, 0.3) is 0 Å². The number of rotatable bonds is 47. The molecule has 0 amide bonds. The Hall–Kier alpha value is -2.63. The molecule has 0 fully saturated rings. The maximum atomic E-state index is 12.8. The van der Waals surface area contributed by atoms with Crippen LogP contribution < -0.4 is 0 Å². The van der Waals surface area contributed by atoms with Crippen molar-refractivity contribution in [1.29, 1.82) is 0 Å². The summed E-state index contributed by atoms with van der Waals surface area (Å²) >= 11 is 0. The van der Waals surface area contributed by atoms with Crippen molar-refractivity contribution < 1.29 is 28.6 Å². The first-order valence-corrected chi connectivity index (χ1v) is 26.1. The van der Waals surface area contributed by atoms with Crippen LogP contribution in [0.15, 0.2) is 48.6 Å². The molecule has 0 saturated carbocycles. The van der Waals surface area contributed by atoms with Gasteiger partial charge in [-0.2, -0.15) is 0 Å². The lowest BCUT2D eigenvalue weighted by atomic mass is 10.1. The van der Waals surface area contributed by atoms with E-state index in [1.807, 2.05) is 0 Å². The number of allylic oxidation sites excluding steroid dienone is 8. The monoisotopic (exact) mass is 855 g/mol. The SMILES string of the molecule is CCCC/C=C\CCCCCCCC(=O)OC[C@@H](COC(=O)CCCCCCC/C=C\C/C=C\CCCCC)OC(=O)CCCCCCCCC/C=C\CCCCCCCC. The zero-order chi connectivity index (χ0) is 44.4. The molecule has 61 heavy (non-hydrogen) atoms. The van der Waals surface area contributed by atoms with Gasteiger partial charge in [-0.1, -0.05) is 198 Å². The second-order valence-corrected chi connectivity index (χ2v) is 17.4. The number of carbonyl (C=O) groups excluding carboxylic acids is 3.